The Hall–Kier alpha value is -1.88. The van der Waals surface area contributed by atoms with Crippen LogP contribution in [-0.2, 0) is 18.3 Å². The molecule has 1 atom stereocenters. The van der Waals surface area contributed by atoms with Gasteiger partial charge < -0.3 is 14.8 Å². The SMILES string of the molecule is CC(C)N1CCC[C@H](C(=O)NCCCc2nc3ccccc3n2C)C1. The Balaban J connectivity index is 1.46. The zero-order valence-electron chi connectivity index (χ0n) is 15.7. The number of amides is 1. The van der Waals surface area contributed by atoms with E-state index in [0.29, 0.717) is 6.04 Å². The van der Waals surface area contributed by atoms with E-state index in [1.807, 2.05) is 18.2 Å². The predicted molar refractivity (Wildman–Crippen MR) is 101 cm³/mol. The van der Waals surface area contributed by atoms with Gasteiger partial charge in [0.25, 0.3) is 0 Å². The topological polar surface area (TPSA) is 50.2 Å². The molecule has 0 unspecified atom stereocenters. The molecule has 3 rings (SSSR count). The number of piperidine rings is 1. The fraction of sp³-hybridized carbons (Fsp3) is 0.600. The lowest BCUT2D eigenvalue weighted by Gasteiger charge is -2.34. The maximum atomic E-state index is 12.4. The summed E-state index contributed by atoms with van der Waals surface area (Å²) in [7, 11) is 2.06. The molecule has 1 saturated heterocycles. The first-order chi connectivity index (χ1) is 12.1. The Morgan fingerprint density at radius 2 is 2.16 bits per heavy atom. The average molecular weight is 342 g/mol. The summed E-state index contributed by atoms with van der Waals surface area (Å²) >= 11 is 0. The van der Waals surface area contributed by atoms with Crippen LogP contribution in [0.2, 0.25) is 0 Å². The summed E-state index contributed by atoms with van der Waals surface area (Å²) in [4.78, 5) is 19.5. The fourth-order valence-electron chi connectivity index (χ4n) is 3.71. The van der Waals surface area contributed by atoms with E-state index in [1.54, 1.807) is 0 Å². The number of carbonyl (C=O) groups excluding carboxylic acids is 1. The average Bonchev–Trinajstić information content (AvgIpc) is 2.95. The van der Waals surface area contributed by atoms with Gasteiger partial charge in [-0.2, -0.15) is 0 Å². The van der Waals surface area contributed by atoms with Crippen molar-refractivity contribution in [3.05, 3.63) is 30.1 Å². The van der Waals surface area contributed by atoms with Crippen LogP contribution < -0.4 is 5.32 Å². The Morgan fingerprint density at radius 3 is 2.92 bits per heavy atom. The zero-order chi connectivity index (χ0) is 17.8. The highest BCUT2D eigenvalue weighted by molar-refractivity contribution is 5.79. The van der Waals surface area contributed by atoms with Crippen LogP contribution in [0, 0.1) is 5.92 Å². The molecule has 2 heterocycles. The third-order valence-corrected chi connectivity index (χ3v) is 5.31. The maximum Gasteiger partial charge on any atom is 0.224 e. The molecular weight excluding hydrogens is 312 g/mol. The molecule has 0 saturated carbocycles. The number of nitrogens with zero attached hydrogens (tertiary/aromatic N) is 3. The first-order valence-electron chi connectivity index (χ1n) is 9.48. The molecule has 0 bridgehead atoms. The highest BCUT2D eigenvalue weighted by Crippen LogP contribution is 2.19. The maximum absolute atomic E-state index is 12.4. The number of nitrogens with one attached hydrogen (secondary N) is 1. The lowest BCUT2D eigenvalue weighted by Crippen LogP contribution is -2.45. The van der Waals surface area contributed by atoms with Crippen molar-refractivity contribution in [1.29, 1.82) is 0 Å². The molecule has 1 aromatic heterocycles. The molecule has 5 heteroatoms. The van der Waals surface area contributed by atoms with Crippen molar-refractivity contribution in [2.45, 2.75) is 45.6 Å². The summed E-state index contributed by atoms with van der Waals surface area (Å²) in [5.74, 6) is 1.45. The Kier molecular flexibility index (Phi) is 5.74. The summed E-state index contributed by atoms with van der Waals surface area (Å²) in [5.41, 5.74) is 2.21. The van der Waals surface area contributed by atoms with E-state index in [4.69, 9.17) is 4.98 Å². The van der Waals surface area contributed by atoms with Crippen LogP contribution in [0.25, 0.3) is 11.0 Å². The lowest BCUT2D eigenvalue weighted by molar-refractivity contribution is -0.126. The standard InChI is InChI=1S/C20H30N4O/c1-15(2)24-13-7-8-16(14-24)20(25)21-12-6-11-19-22-17-9-4-5-10-18(17)23(19)3/h4-5,9-10,15-16H,6-8,11-14H2,1-3H3,(H,21,25)/t16-/m0/s1. The second kappa shape index (κ2) is 8.00. The molecule has 5 nitrogen and oxygen atoms in total. The van der Waals surface area contributed by atoms with Crippen molar-refractivity contribution in [3.8, 4) is 0 Å². The van der Waals surface area contributed by atoms with Crippen molar-refractivity contribution in [3.63, 3.8) is 0 Å². The van der Waals surface area contributed by atoms with Gasteiger partial charge in [0.1, 0.15) is 5.82 Å². The normalized spacial score (nSPS) is 18.8. The van der Waals surface area contributed by atoms with Gasteiger partial charge >= 0.3 is 0 Å². The summed E-state index contributed by atoms with van der Waals surface area (Å²) in [5, 5.41) is 3.13. The van der Waals surface area contributed by atoms with Crippen molar-refractivity contribution >= 4 is 16.9 Å². The molecule has 0 aliphatic carbocycles. The number of aryl methyl sites for hydroxylation is 2. The minimum atomic E-state index is 0.145. The van der Waals surface area contributed by atoms with Crippen LogP contribution in [-0.4, -0.2) is 46.0 Å². The molecular formula is C20H30N4O. The van der Waals surface area contributed by atoms with E-state index in [0.717, 1.165) is 62.2 Å². The summed E-state index contributed by atoms with van der Waals surface area (Å²) in [6.07, 6.45) is 3.94. The van der Waals surface area contributed by atoms with Crippen LogP contribution >= 0.6 is 0 Å². The van der Waals surface area contributed by atoms with E-state index < -0.39 is 0 Å². The number of hydrogen-bond acceptors (Lipinski definition) is 3. The van der Waals surface area contributed by atoms with Crippen molar-refractivity contribution in [1.82, 2.24) is 19.8 Å². The van der Waals surface area contributed by atoms with Crippen molar-refractivity contribution in [2.24, 2.45) is 13.0 Å². The summed E-state index contributed by atoms with van der Waals surface area (Å²) < 4.78 is 2.15. The van der Waals surface area contributed by atoms with E-state index in [1.165, 1.54) is 0 Å². The molecule has 1 aromatic carbocycles. The third kappa shape index (κ3) is 4.21. The minimum absolute atomic E-state index is 0.145. The number of likely N-dealkylation sites (tertiary alicyclic amines) is 1. The Labute approximate surface area is 150 Å². The molecule has 1 aliphatic rings. The van der Waals surface area contributed by atoms with E-state index in [2.05, 4.69) is 41.7 Å². The molecule has 1 fully saturated rings. The molecule has 1 N–H and O–H groups in total. The van der Waals surface area contributed by atoms with E-state index >= 15 is 0 Å². The number of hydrogen-bond donors (Lipinski definition) is 1. The highest BCUT2D eigenvalue weighted by Gasteiger charge is 2.26. The molecule has 0 radical (unpaired) electrons. The van der Waals surface area contributed by atoms with Crippen LogP contribution in [0.4, 0.5) is 0 Å². The molecule has 0 spiro atoms. The van der Waals surface area contributed by atoms with Crippen LogP contribution in [0.1, 0.15) is 38.9 Å². The van der Waals surface area contributed by atoms with Gasteiger partial charge in [0.15, 0.2) is 0 Å². The minimum Gasteiger partial charge on any atom is -0.356 e. The first-order valence-corrected chi connectivity index (χ1v) is 9.48. The smallest absolute Gasteiger partial charge is 0.224 e. The van der Waals surface area contributed by atoms with E-state index in [9.17, 15) is 4.79 Å². The van der Waals surface area contributed by atoms with Crippen molar-refractivity contribution < 1.29 is 4.79 Å². The fourth-order valence-corrected chi connectivity index (χ4v) is 3.71. The van der Waals surface area contributed by atoms with Crippen molar-refractivity contribution in [2.75, 3.05) is 19.6 Å². The monoisotopic (exact) mass is 342 g/mol. The lowest BCUT2D eigenvalue weighted by atomic mass is 9.96. The van der Waals surface area contributed by atoms with E-state index in [-0.39, 0.29) is 11.8 Å². The number of benzene rings is 1. The molecule has 136 valence electrons. The molecule has 2 aromatic rings. The van der Waals surface area contributed by atoms with Gasteiger partial charge in [-0.15, -0.1) is 0 Å². The summed E-state index contributed by atoms with van der Waals surface area (Å²) in [6, 6.07) is 8.72. The second-order valence-electron chi connectivity index (χ2n) is 7.40. The second-order valence-corrected chi connectivity index (χ2v) is 7.40. The number of aromatic nitrogens is 2. The molecule has 1 amide bonds. The van der Waals surface area contributed by atoms with Gasteiger partial charge in [0.05, 0.1) is 17.0 Å². The largest absolute Gasteiger partial charge is 0.356 e. The predicted octanol–water partition coefficient (Wildman–Crippen LogP) is 2.74. The number of rotatable bonds is 6. The van der Waals surface area contributed by atoms with Gasteiger partial charge in [-0.3, -0.25) is 4.79 Å². The Bertz CT molecular complexity index is 722. The highest BCUT2D eigenvalue weighted by atomic mass is 16.1. The van der Waals surface area contributed by atoms with Crippen LogP contribution in [0.3, 0.4) is 0 Å². The molecule has 25 heavy (non-hydrogen) atoms. The number of carbonyl (C=O) groups is 1. The quantitative estimate of drug-likeness (QED) is 0.821. The van der Waals surface area contributed by atoms with Gasteiger partial charge in [0.2, 0.25) is 5.91 Å². The zero-order valence-corrected chi connectivity index (χ0v) is 15.7. The van der Waals surface area contributed by atoms with Gasteiger partial charge in [-0.05, 0) is 51.8 Å². The number of fused-ring (bicyclic) bond motifs is 1. The number of imidazole rings is 1. The van der Waals surface area contributed by atoms with Crippen LogP contribution in [0.5, 0.6) is 0 Å². The third-order valence-electron chi connectivity index (χ3n) is 5.31. The van der Waals surface area contributed by atoms with Gasteiger partial charge in [-0.1, -0.05) is 12.1 Å². The van der Waals surface area contributed by atoms with Gasteiger partial charge in [0, 0.05) is 32.6 Å². The molecule has 1 aliphatic heterocycles. The first kappa shape index (κ1) is 17.9. The van der Waals surface area contributed by atoms with Crippen LogP contribution in [0.15, 0.2) is 24.3 Å². The summed E-state index contributed by atoms with van der Waals surface area (Å²) in [6.45, 7) is 7.15. The number of para-hydroxylation sites is 2. The Morgan fingerprint density at radius 1 is 1.36 bits per heavy atom. The van der Waals surface area contributed by atoms with Gasteiger partial charge in [-0.25, -0.2) is 4.98 Å².